The average molecular weight is 498 g/mol. The van der Waals surface area contributed by atoms with Crippen LogP contribution in [0.4, 0.5) is 0 Å². The summed E-state index contributed by atoms with van der Waals surface area (Å²) in [5, 5.41) is 0. The van der Waals surface area contributed by atoms with Crippen LogP contribution in [0.1, 0.15) is 27.2 Å². The SMILES string of the molecule is CP(C)C[CH]([Hf][C]1=CC=CC1)C(C)(C)C.Cl.Cl.Cl. The van der Waals surface area contributed by atoms with Gasteiger partial charge in [0.2, 0.25) is 0 Å². The molecule has 0 nitrogen and oxygen atoms in total. The fourth-order valence-corrected chi connectivity index (χ4v) is 12.7. The fraction of sp³-hybridized carbons (Fsp3) is 0.692. The van der Waals surface area contributed by atoms with Crippen molar-refractivity contribution < 1.29 is 22.9 Å². The van der Waals surface area contributed by atoms with Gasteiger partial charge in [-0.3, -0.25) is 0 Å². The first-order valence-corrected chi connectivity index (χ1v) is 12.0. The Morgan fingerprint density at radius 1 is 1.22 bits per heavy atom. The second-order valence-corrected chi connectivity index (χ2v) is 14.0. The third-order valence-electron chi connectivity index (χ3n) is 2.72. The molecule has 5 heteroatoms. The van der Waals surface area contributed by atoms with Crippen molar-refractivity contribution in [2.45, 2.75) is 30.9 Å². The molecule has 0 spiro atoms. The molecule has 1 atom stereocenters. The van der Waals surface area contributed by atoms with E-state index in [0.717, 1.165) is 3.67 Å². The molecular formula is C13H26Cl3HfP. The topological polar surface area (TPSA) is 0 Å². The summed E-state index contributed by atoms with van der Waals surface area (Å²) < 4.78 is 2.87. The molecule has 0 heterocycles. The molecule has 0 aliphatic heterocycles. The summed E-state index contributed by atoms with van der Waals surface area (Å²) >= 11 is -0.564. The van der Waals surface area contributed by atoms with Crippen LogP contribution in [0.3, 0.4) is 0 Å². The zero-order chi connectivity index (χ0) is 11.5. The van der Waals surface area contributed by atoms with E-state index in [9.17, 15) is 0 Å². The molecule has 0 bridgehead atoms. The molecule has 0 aromatic heterocycles. The first-order valence-electron chi connectivity index (χ1n) is 5.66. The minimum absolute atomic E-state index is 0. The van der Waals surface area contributed by atoms with Crippen LogP contribution in [-0.4, -0.2) is 19.5 Å². The Hall–Kier alpha value is 1.65. The van der Waals surface area contributed by atoms with E-state index in [1.807, 2.05) is 3.33 Å². The van der Waals surface area contributed by atoms with Gasteiger partial charge in [0.25, 0.3) is 0 Å². The van der Waals surface area contributed by atoms with Crippen LogP contribution in [-0.2, 0) is 22.9 Å². The number of allylic oxidation sites excluding steroid dienone is 4. The van der Waals surface area contributed by atoms with Gasteiger partial charge < -0.3 is 0 Å². The van der Waals surface area contributed by atoms with E-state index in [1.54, 1.807) is 0 Å². The third kappa shape index (κ3) is 9.54. The van der Waals surface area contributed by atoms with E-state index in [-0.39, 0.29) is 45.1 Å². The maximum Gasteiger partial charge on any atom is -0.147 e. The summed E-state index contributed by atoms with van der Waals surface area (Å²) in [5.41, 5.74) is 0.541. The van der Waals surface area contributed by atoms with Gasteiger partial charge in [-0.15, -0.1) is 37.2 Å². The van der Waals surface area contributed by atoms with E-state index >= 15 is 0 Å². The second kappa shape index (κ2) is 11.3. The van der Waals surface area contributed by atoms with E-state index in [0.29, 0.717) is 5.41 Å². The Balaban J connectivity index is -0.000000750. The monoisotopic (exact) mass is 498 g/mol. The molecule has 18 heavy (non-hydrogen) atoms. The van der Waals surface area contributed by atoms with E-state index in [4.69, 9.17) is 0 Å². The van der Waals surface area contributed by atoms with E-state index in [1.165, 1.54) is 12.6 Å². The molecule has 0 fully saturated rings. The molecule has 0 aromatic rings. The Labute approximate surface area is 144 Å². The fourth-order valence-electron chi connectivity index (χ4n) is 1.68. The molecule has 1 aliphatic rings. The minimum atomic E-state index is -0.564. The van der Waals surface area contributed by atoms with Gasteiger partial charge in [-0.25, -0.2) is 0 Å². The normalized spacial score (nSPS) is 15.1. The predicted molar refractivity (Wildman–Crippen MR) is 90.4 cm³/mol. The Morgan fingerprint density at radius 2 is 1.78 bits per heavy atom. The Kier molecular flexibility index (Phi) is 15.5. The molecule has 0 N–H and O–H groups in total. The van der Waals surface area contributed by atoms with Crippen molar-refractivity contribution in [3.8, 4) is 0 Å². The van der Waals surface area contributed by atoms with Crippen LogP contribution in [0.15, 0.2) is 21.6 Å². The standard InChI is InChI=1S/C8H18P.C5H5.3ClH.Hf/c1-8(2,3)6-7-9(4)5;1-2-4-5-3-1;;;;/h6H,7H2,1-5H3;1-3H,4H2;3*1H;. The maximum atomic E-state index is 2.44. The number of hydrogen-bond donors (Lipinski definition) is 0. The molecule has 1 rings (SSSR count). The van der Waals surface area contributed by atoms with Crippen LogP contribution in [0, 0.1) is 5.41 Å². The second-order valence-electron chi connectivity index (χ2n) is 5.65. The predicted octanol–water partition coefficient (Wildman–Crippen LogP) is 5.75. The van der Waals surface area contributed by atoms with Gasteiger partial charge in [-0.2, -0.15) is 0 Å². The zero-order valence-corrected chi connectivity index (χ0v) is 18.8. The quantitative estimate of drug-likeness (QED) is 0.342. The molecule has 0 amide bonds. The number of halogens is 3. The molecular weight excluding hydrogens is 472 g/mol. The summed E-state index contributed by atoms with van der Waals surface area (Å²) in [6.45, 7) is 12.2. The van der Waals surface area contributed by atoms with Crippen LogP contribution >= 0.6 is 45.1 Å². The van der Waals surface area contributed by atoms with Crippen molar-refractivity contribution in [1.29, 1.82) is 0 Å². The van der Waals surface area contributed by atoms with Gasteiger partial charge in [-0.05, 0) is 0 Å². The summed E-state index contributed by atoms with van der Waals surface area (Å²) in [6, 6.07) is 0. The van der Waals surface area contributed by atoms with Crippen molar-refractivity contribution in [2.24, 2.45) is 5.41 Å². The van der Waals surface area contributed by atoms with Gasteiger partial charge in [-0.1, -0.05) is 0 Å². The molecule has 1 unspecified atom stereocenters. The van der Waals surface area contributed by atoms with Gasteiger partial charge in [0.05, 0.1) is 0 Å². The molecule has 0 saturated carbocycles. The van der Waals surface area contributed by atoms with Crippen LogP contribution < -0.4 is 0 Å². The molecule has 1 aliphatic carbocycles. The average Bonchev–Trinajstić information content (AvgIpc) is 2.53. The summed E-state index contributed by atoms with van der Waals surface area (Å²) in [6.07, 6.45) is 9.75. The summed E-state index contributed by atoms with van der Waals surface area (Å²) in [7, 11) is 0.277. The van der Waals surface area contributed by atoms with Crippen molar-refractivity contribution in [1.82, 2.24) is 0 Å². The Morgan fingerprint density at radius 3 is 2.11 bits per heavy atom. The van der Waals surface area contributed by atoms with Gasteiger partial charge >= 0.3 is 108 Å². The zero-order valence-electron chi connectivity index (χ0n) is 11.9. The Bertz CT molecular complexity index is 270. The van der Waals surface area contributed by atoms with Crippen molar-refractivity contribution >= 4 is 45.1 Å². The van der Waals surface area contributed by atoms with Gasteiger partial charge in [0, 0.05) is 0 Å². The van der Waals surface area contributed by atoms with Crippen molar-refractivity contribution in [3.63, 3.8) is 0 Å². The third-order valence-corrected chi connectivity index (χ3v) is 12.8. The molecule has 0 aromatic carbocycles. The maximum absolute atomic E-state index is 2.44. The van der Waals surface area contributed by atoms with Gasteiger partial charge in [0.15, 0.2) is 0 Å². The summed E-state index contributed by atoms with van der Waals surface area (Å²) in [4.78, 5) is 0. The molecule has 0 saturated heterocycles. The minimum Gasteiger partial charge on any atom is -0.147 e. The van der Waals surface area contributed by atoms with Crippen LogP contribution in [0.25, 0.3) is 0 Å². The largest absolute Gasteiger partial charge is 0.147 e. The molecule has 108 valence electrons. The molecule has 0 radical (unpaired) electrons. The van der Waals surface area contributed by atoms with Crippen molar-refractivity contribution in [3.05, 3.63) is 21.6 Å². The van der Waals surface area contributed by atoms with Gasteiger partial charge in [0.1, 0.15) is 0 Å². The number of hydrogen-bond acceptors (Lipinski definition) is 0. The van der Waals surface area contributed by atoms with Crippen LogP contribution in [0.5, 0.6) is 0 Å². The summed E-state index contributed by atoms with van der Waals surface area (Å²) in [5.74, 6) is 0. The first-order chi connectivity index (χ1) is 6.89. The van der Waals surface area contributed by atoms with Crippen LogP contribution in [0.2, 0.25) is 3.67 Å². The van der Waals surface area contributed by atoms with E-state index < -0.39 is 22.9 Å². The smallest absolute Gasteiger partial charge is 0.147 e. The number of rotatable bonds is 4. The van der Waals surface area contributed by atoms with Crippen molar-refractivity contribution in [2.75, 3.05) is 19.5 Å². The first kappa shape index (κ1) is 24.7. The van der Waals surface area contributed by atoms with E-state index in [2.05, 4.69) is 52.3 Å².